The van der Waals surface area contributed by atoms with Gasteiger partial charge in [0.15, 0.2) is 0 Å². The van der Waals surface area contributed by atoms with Gasteiger partial charge in [-0.3, -0.25) is 0 Å². The van der Waals surface area contributed by atoms with E-state index in [1.165, 1.54) is 11.1 Å². The minimum atomic E-state index is 0.287. The number of aromatic nitrogens is 4. The molecule has 0 bridgehead atoms. The van der Waals surface area contributed by atoms with E-state index in [2.05, 4.69) is 60.3 Å². The van der Waals surface area contributed by atoms with Gasteiger partial charge in [0.05, 0.1) is 0 Å². The van der Waals surface area contributed by atoms with Crippen LogP contribution in [0.1, 0.15) is 42.8 Å². The molecule has 0 spiro atoms. The van der Waals surface area contributed by atoms with Crippen LogP contribution in [0, 0.1) is 5.92 Å². The third-order valence-electron chi connectivity index (χ3n) is 3.40. The van der Waals surface area contributed by atoms with Gasteiger partial charge >= 0.3 is 0 Å². The maximum atomic E-state index is 4.53. The molecular formula is C15H18N4S. The van der Waals surface area contributed by atoms with E-state index in [1.807, 2.05) is 0 Å². The second-order valence-corrected chi connectivity index (χ2v) is 6.55. The summed E-state index contributed by atoms with van der Waals surface area (Å²) in [6, 6.07) is 8.88. The third kappa shape index (κ3) is 2.58. The topological polar surface area (TPSA) is 43.1 Å². The fraction of sp³-hybridized carbons (Fsp3) is 0.400. The molecule has 0 amide bonds. The van der Waals surface area contributed by atoms with Crippen molar-refractivity contribution in [2.24, 2.45) is 5.92 Å². The fourth-order valence-corrected chi connectivity index (χ4v) is 3.20. The van der Waals surface area contributed by atoms with Crippen molar-refractivity contribution >= 4 is 16.3 Å². The summed E-state index contributed by atoms with van der Waals surface area (Å²) in [5.41, 5.74) is 2.69. The summed E-state index contributed by atoms with van der Waals surface area (Å²) in [7, 11) is 0. The van der Waals surface area contributed by atoms with Gasteiger partial charge in [-0.15, -0.1) is 10.2 Å². The van der Waals surface area contributed by atoms with Crippen molar-refractivity contribution < 1.29 is 0 Å². The minimum Gasteiger partial charge on any atom is -0.190 e. The Morgan fingerprint density at radius 1 is 1.15 bits per heavy atom. The van der Waals surface area contributed by atoms with Crippen LogP contribution in [0.25, 0.3) is 4.96 Å². The van der Waals surface area contributed by atoms with Crippen molar-refractivity contribution in [1.29, 1.82) is 0 Å². The Balaban J connectivity index is 1.82. The van der Waals surface area contributed by atoms with Crippen LogP contribution in [0.4, 0.5) is 0 Å². The summed E-state index contributed by atoms with van der Waals surface area (Å²) < 4.78 is 1.74. The van der Waals surface area contributed by atoms with Gasteiger partial charge in [0.2, 0.25) is 4.96 Å². The van der Waals surface area contributed by atoms with E-state index in [4.69, 9.17) is 0 Å². The first kappa shape index (κ1) is 13.2. The molecule has 0 saturated carbocycles. The Labute approximate surface area is 122 Å². The molecule has 0 fully saturated rings. The lowest BCUT2D eigenvalue weighted by Gasteiger charge is -2.10. The maximum Gasteiger partial charge on any atom is 0.234 e. The molecule has 2 heterocycles. The maximum absolute atomic E-state index is 4.53. The number of fused-ring (bicyclic) bond motifs is 1. The second kappa shape index (κ2) is 5.32. The third-order valence-corrected chi connectivity index (χ3v) is 4.49. The molecule has 1 atom stereocenters. The Kier molecular flexibility index (Phi) is 3.53. The van der Waals surface area contributed by atoms with Crippen LogP contribution in [0.15, 0.2) is 30.6 Å². The predicted molar refractivity (Wildman–Crippen MR) is 81.2 cm³/mol. The Bertz CT molecular complexity index is 668. The van der Waals surface area contributed by atoms with Gasteiger partial charge in [-0.2, -0.15) is 9.61 Å². The van der Waals surface area contributed by atoms with Gasteiger partial charge in [-0.1, -0.05) is 56.4 Å². The highest BCUT2D eigenvalue weighted by Crippen LogP contribution is 2.27. The number of nitrogens with zero attached hydrogens (tertiary/aromatic N) is 4. The molecule has 104 valence electrons. The monoisotopic (exact) mass is 286 g/mol. The van der Waals surface area contributed by atoms with E-state index >= 15 is 0 Å². The predicted octanol–water partition coefficient (Wildman–Crippen LogP) is 3.54. The molecule has 0 aliphatic heterocycles. The summed E-state index contributed by atoms with van der Waals surface area (Å²) in [6.07, 6.45) is 2.78. The highest BCUT2D eigenvalue weighted by Gasteiger charge is 2.14. The Morgan fingerprint density at radius 3 is 2.55 bits per heavy atom. The van der Waals surface area contributed by atoms with Gasteiger partial charge in [0.25, 0.3) is 0 Å². The molecule has 0 aliphatic rings. The van der Waals surface area contributed by atoms with E-state index in [-0.39, 0.29) is 5.92 Å². The molecule has 4 nitrogen and oxygen atoms in total. The average molecular weight is 286 g/mol. The summed E-state index contributed by atoms with van der Waals surface area (Å²) in [6.45, 7) is 6.68. The van der Waals surface area contributed by atoms with Crippen molar-refractivity contribution in [3.8, 4) is 0 Å². The molecule has 3 rings (SSSR count). The lowest BCUT2D eigenvalue weighted by molar-refractivity contribution is 0.647. The van der Waals surface area contributed by atoms with E-state index in [1.54, 1.807) is 22.2 Å². The van der Waals surface area contributed by atoms with Gasteiger partial charge in [-0.05, 0) is 23.5 Å². The van der Waals surface area contributed by atoms with Crippen LogP contribution < -0.4 is 0 Å². The van der Waals surface area contributed by atoms with Gasteiger partial charge < -0.3 is 0 Å². The van der Waals surface area contributed by atoms with Crippen molar-refractivity contribution in [2.45, 2.75) is 33.1 Å². The van der Waals surface area contributed by atoms with Gasteiger partial charge in [0.1, 0.15) is 11.3 Å². The lowest BCUT2D eigenvalue weighted by Crippen LogP contribution is -1.98. The highest BCUT2D eigenvalue weighted by molar-refractivity contribution is 7.16. The molecule has 0 unspecified atom stereocenters. The summed E-state index contributed by atoms with van der Waals surface area (Å²) >= 11 is 1.60. The molecule has 1 aromatic carbocycles. The first-order chi connectivity index (χ1) is 9.63. The SMILES string of the molecule is CC(C)Cc1ccc([C@@H](C)c2nn3cnnc3s2)cc1. The van der Waals surface area contributed by atoms with E-state index < -0.39 is 0 Å². The van der Waals surface area contributed by atoms with Crippen LogP contribution in [-0.4, -0.2) is 19.8 Å². The first-order valence-corrected chi connectivity index (χ1v) is 7.70. The molecule has 0 N–H and O–H groups in total. The first-order valence-electron chi connectivity index (χ1n) is 6.89. The Hall–Kier alpha value is -1.75. The standard InChI is InChI=1S/C15H18N4S/c1-10(2)8-12-4-6-13(7-5-12)11(3)14-18-19-9-16-17-15(19)20-14/h4-7,9-11H,8H2,1-3H3/t11-/m1/s1. The van der Waals surface area contributed by atoms with Crippen LogP contribution in [0.5, 0.6) is 0 Å². The number of hydrogen-bond acceptors (Lipinski definition) is 4. The normalized spacial score (nSPS) is 13.2. The summed E-state index contributed by atoms with van der Waals surface area (Å²) in [4.78, 5) is 0.850. The molecule has 3 aromatic rings. The number of benzene rings is 1. The smallest absolute Gasteiger partial charge is 0.190 e. The quantitative estimate of drug-likeness (QED) is 0.737. The molecular weight excluding hydrogens is 268 g/mol. The lowest BCUT2D eigenvalue weighted by atomic mass is 9.97. The van der Waals surface area contributed by atoms with E-state index in [9.17, 15) is 0 Å². The average Bonchev–Trinajstić information content (AvgIpc) is 2.98. The Morgan fingerprint density at radius 2 is 1.90 bits per heavy atom. The van der Waals surface area contributed by atoms with E-state index in [0.29, 0.717) is 5.92 Å². The molecule has 0 aliphatic carbocycles. The van der Waals surface area contributed by atoms with Crippen molar-refractivity contribution in [3.05, 3.63) is 46.7 Å². The minimum absolute atomic E-state index is 0.287. The zero-order chi connectivity index (χ0) is 14.1. The molecule has 2 aromatic heterocycles. The zero-order valence-electron chi connectivity index (χ0n) is 11.9. The molecule has 0 saturated heterocycles. The summed E-state index contributed by atoms with van der Waals surface area (Å²) in [5.74, 6) is 0.979. The highest BCUT2D eigenvalue weighted by atomic mass is 32.1. The number of rotatable bonds is 4. The second-order valence-electron chi connectivity index (χ2n) is 5.56. The van der Waals surface area contributed by atoms with Crippen LogP contribution in [0.2, 0.25) is 0 Å². The van der Waals surface area contributed by atoms with E-state index in [0.717, 1.165) is 16.4 Å². The van der Waals surface area contributed by atoms with Crippen molar-refractivity contribution in [2.75, 3.05) is 0 Å². The zero-order valence-corrected chi connectivity index (χ0v) is 12.8. The van der Waals surface area contributed by atoms with Gasteiger partial charge in [0, 0.05) is 5.92 Å². The number of hydrogen-bond donors (Lipinski definition) is 0. The molecule has 5 heteroatoms. The van der Waals surface area contributed by atoms with Crippen LogP contribution in [0.3, 0.4) is 0 Å². The van der Waals surface area contributed by atoms with Crippen molar-refractivity contribution in [3.63, 3.8) is 0 Å². The molecule has 0 radical (unpaired) electrons. The summed E-state index contributed by atoms with van der Waals surface area (Å²) in [5, 5.41) is 13.5. The van der Waals surface area contributed by atoms with Crippen LogP contribution in [-0.2, 0) is 6.42 Å². The largest absolute Gasteiger partial charge is 0.234 e. The fourth-order valence-electron chi connectivity index (χ4n) is 2.31. The van der Waals surface area contributed by atoms with Crippen LogP contribution >= 0.6 is 11.3 Å². The molecule has 20 heavy (non-hydrogen) atoms. The van der Waals surface area contributed by atoms with Gasteiger partial charge in [-0.25, -0.2) is 0 Å². The van der Waals surface area contributed by atoms with Crippen molar-refractivity contribution in [1.82, 2.24) is 19.8 Å².